The van der Waals surface area contributed by atoms with Gasteiger partial charge in [0.2, 0.25) is 0 Å². The number of nitrogens with one attached hydrogen (secondary N) is 2. The molecule has 0 radical (unpaired) electrons. The van der Waals surface area contributed by atoms with Gasteiger partial charge in [-0.2, -0.15) is 0 Å². The van der Waals surface area contributed by atoms with Crippen LogP contribution < -0.4 is 10.6 Å². The highest BCUT2D eigenvalue weighted by Crippen LogP contribution is 2.32. The third kappa shape index (κ3) is 2.67. The van der Waals surface area contributed by atoms with Crippen LogP contribution in [-0.2, 0) is 9.53 Å². The molecule has 22 heavy (non-hydrogen) atoms. The van der Waals surface area contributed by atoms with Crippen LogP contribution in [0.15, 0.2) is 35.5 Å². The number of hydrogen-bond acceptors (Lipinski definition) is 3. The lowest BCUT2D eigenvalue weighted by molar-refractivity contribution is -0.126. The van der Waals surface area contributed by atoms with Crippen LogP contribution in [0.4, 0.5) is 4.79 Å². The number of ether oxygens (including phenoxy) is 1. The van der Waals surface area contributed by atoms with Crippen molar-refractivity contribution in [3.63, 3.8) is 0 Å². The standard InChI is InChI=1S/C15H16ClN3O3/c1-22-7-6-19-8-11-12(14(19)20)13(18-15(21)17-11)9-2-4-10(16)5-3-9/h2-5,13H,6-8H2,1H3,(H2,17,18,21)/t13-/m1/s1. The monoisotopic (exact) mass is 321 g/mol. The van der Waals surface area contributed by atoms with Crippen molar-refractivity contribution < 1.29 is 14.3 Å². The zero-order chi connectivity index (χ0) is 15.7. The molecule has 3 amide bonds. The predicted molar refractivity (Wildman–Crippen MR) is 81.3 cm³/mol. The molecule has 0 aliphatic carbocycles. The SMILES string of the molecule is COCCN1CC2=C(C1=O)[C@@H](c1ccc(Cl)cc1)NC(=O)N2. The van der Waals surface area contributed by atoms with Gasteiger partial charge in [0, 0.05) is 18.7 Å². The molecule has 1 aromatic carbocycles. The van der Waals surface area contributed by atoms with Crippen molar-refractivity contribution in [2.45, 2.75) is 6.04 Å². The van der Waals surface area contributed by atoms with Gasteiger partial charge in [0.1, 0.15) is 0 Å². The van der Waals surface area contributed by atoms with Crippen LogP contribution in [0.5, 0.6) is 0 Å². The third-order valence-corrected chi connectivity index (χ3v) is 4.04. The van der Waals surface area contributed by atoms with E-state index in [2.05, 4.69) is 10.6 Å². The second kappa shape index (κ2) is 5.98. The molecule has 7 heteroatoms. The van der Waals surface area contributed by atoms with E-state index < -0.39 is 6.04 Å². The highest BCUT2D eigenvalue weighted by molar-refractivity contribution is 6.30. The Labute approximate surface area is 133 Å². The summed E-state index contributed by atoms with van der Waals surface area (Å²) >= 11 is 5.90. The first-order chi connectivity index (χ1) is 10.6. The fourth-order valence-electron chi connectivity index (χ4n) is 2.72. The zero-order valence-corrected chi connectivity index (χ0v) is 12.8. The Hall–Kier alpha value is -2.05. The average Bonchev–Trinajstić information content (AvgIpc) is 2.81. The molecule has 2 aliphatic heterocycles. The average molecular weight is 322 g/mol. The van der Waals surface area contributed by atoms with Crippen LogP contribution >= 0.6 is 11.6 Å². The van der Waals surface area contributed by atoms with Crippen molar-refractivity contribution >= 4 is 23.5 Å². The number of urea groups is 1. The molecular weight excluding hydrogens is 306 g/mol. The van der Waals surface area contributed by atoms with Crippen molar-refractivity contribution in [2.75, 3.05) is 26.8 Å². The number of hydrogen-bond donors (Lipinski definition) is 2. The molecular formula is C15H16ClN3O3. The zero-order valence-electron chi connectivity index (χ0n) is 12.1. The maximum absolute atomic E-state index is 12.6. The lowest BCUT2D eigenvalue weighted by Gasteiger charge is -2.25. The summed E-state index contributed by atoms with van der Waals surface area (Å²) in [7, 11) is 1.59. The van der Waals surface area contributed by atoms with Crippen molar-refractivity contribution in [1.29, 1.82) is 0 Å². The summed E-state index contributed by atoms with van der Waals surface area (Å²) in [5.74, 6) is -0.0838. The van der Waals surface area contributed by atoms with E-state index in [9.17, 15) is 9.59 Å². The first-order valence-electron chi connectivity index (χ1n) is 6.94. The largest absolute Gasteiger partial charge is 0.383 e. The van der Waals surface area contributed by atoms with Gasteiger partial charge in [-0.1, -0.05) is 23.7 Å². The Kier molecular flexibility index (Phi) is 4.04. The number of halogens is 1. The van der Waals surface area contributed by atoms with Crippen LogP contribution in [-0.4, -0.2) is 43.6 Å². The Balaban J connectivity index is 1.90. The van der Waals surface area contributed by atoms with Crippen LogP contribution in [0.3, 0.4) is 0 Å². The minimum Gasteiger partial charge on any atom is -0.383 e. The predicted octanol–water partition coefficient (Wildman–Crippen LogP) is 1.44. The fourth-order valence-corrected chi connectivity index (χ4v) is 2.84. The molecule has 0 aromatic heterocycles. The summed E-state index contributed by atoms with van der Waals surface area (Å²) in [6, 6.07) is 6.35. The van der Waals surface area contributed by atoms with E-state index in [1.54, 1.807) is 24.1 Å². The highest BCUT2D eigenvalue weighted by Gasteiger charge is 2.40. The quantitative estimate of drug-likeness (QED) is 0.881. The number of benzene rings is 1. The Bertz CT molecular complexity index is 642. The molecule has 2 heterocycles. The van der Waals surface area contributed by atoms with E-state index in [0.717, 1.165) is 5.56 Å². The molecule has 116 valence electrons. The van der Waals surface area contributed by atoms with Gasteiger partial charge in [-0.15, -0.1) is 0 Å². The summed E-state index contributed by atoms with van der Waals surface area (Å²) in [6.07, 6.45) is 0. The van der Waals surface area contributed by atoms with E-state index in [1.807, 2.05) is 12.1 Å². The Morgan fingerprint density at radius 1 is 1.32 bits per heavy atom. The summed E-state index contributed by atoms with van der Waals surface area (Å²) < 4.78 is 5.02. The molecule has 3 rings (SSSR count). The molecule has 0 saturated heterocycles. The summed E-state index contributed by atoms with van der Waals surface area (Å²) in [5, 5.41) is 6.14. The summed E-state index contributed by atoms with van der Waals surface area (Å²) in [6.45, 7) is 1.35. The normalized spacial score (nSPS) is 20.8. The number of amides is 3. The first-order valence-corrected chi connectivity index (χ1v) is 7.32. The smallest absolute Gasteiger partial charge is 0.319 e. The molecule has 6 nitrogen and oxygen atoms in total. The molecule has 2 N–H and O–H groups in total. The summed E-state index contributed by atoms with van der Waals surface area (Å²) in [5.41, 5.74) is 2.07. The van der Waals surface area contributed by atoms with Gasteiger partial charge in [0.25, 0.3) is 5.91 Å². The van der Waals surface area contributed by atoms with Gasteiger partial charge in [0.05, 0.1) is 30.5 Å². The number of carbonyl (C=O) groups excluding carboxylic acids is 2. The molecule has 1 atom stereocenters. The Morgan fingerprint density at radius 3 is 2.73 bits per heavy atom. The van der Waals surface area contributed by atoms with Crippen LogP contribution in [0.25, 0.3) is 0 Å². The van der Waals surface area contributed by atoms with Crippen LogP contribution in [0, 0.1) is 0 Å². The van der Waals surface area contributed by atoms with Gasteiger partial charge in [-0.05, 0) is 17.7 Å². The van der Waals surface area contributed by atoms with Crippen LogP contribution in [0.1, 0.15) is 11.6 Å². The van der Waals surface area contributed by atoms with E-state index in [-0.39, 0.29) is 11.9 Å². The van der Waals surface area contributed by atoms with E-state index in [1.165, 1.54) is 0 Å². The van der Waals surface area contributed by atoms with Crippen molar-refractivity contribution in [2.24, 2.45) is 0 Å². The van der Waals surface area contributed by atoms with Gasteiger partial charge in [-0.3, -0.25) is 4.79 Å². The number of methoxy groups -OCH3 is 1. The van der Waals surface area contributed by atoms with Gasteiger partial charge >= 0.3 is 6.03 Å². The van der Waals surface area contributed by atoms with Crippen LogP contribution in [0.2, 0.25) is 5.02 Å². The maximum Gasteiger partial charge on any atom is 0.319 e. The van der Waals surface area contributed by atoms with Gasteiger partial charge in [-0.25, -0.2) is 4.79 Å². The fraction of sp³-hybridized carbons (Fsp3) is 0.333. The molecule has 2 aliphatic rings. The maximum atomic E-state index is 12.6. The van der Waals surface area contributed by atoms with Crippen molar-refractivity contribution in [1.82, 2.24) is 15.5 Å². The third-order valence-electron chi connectivity index (χ3n) is 3.79. The van der Waals surface area contributed by atoms with E-state index in [4.69, 9.17) is 16.3 Å². The van der Waals surface area contributed by atoms with E-state index in [0.29, 0.717) is 36.0 Å². The molecule has 0 spiro atoms. The molecule has 0 fully saturated rings. The van der Waals surface area contributed by atoms with E-state index >= 15 is 0 Å². The summed E-state index contributed by atoms with van der Waals surface area (Å²) in [4.78, 5) is 26.1. The van der Waals surface area contributed by atoms with Crippen molar-refractivity contribution in [3.05, 3.63) is 46.1 Å². The topological polar surface area (TPSA) is 70.7 Å². The lowest BCUT2D eigenvalue weighted by atomic mass is 9.96. The molecule has 0 bridgehead atoms. The van der Waals surface area contributed by atoms with Gasteiger partial charge < -0.3 is 20.3 Å². The second-order valence-electron chi connectivity index (χ2n) is 5.19. The number of rotatable bonds is 4. The molecule has 0 unspecified atom stereocenters. The van der Waals surface area contributed by atoms with Crippen molar-refractivity contribution in [3.8, 4) is 0 Å². The minimum absolute atomic E-state index is 0.0838. The first kappa shape index (κ1) is 14.9. The number of carbonyl (C=O) groups is 2. The lowest BCUT2D eigenvalue weighted by Crippen LogP contribution is -2.44. The molecule has 1 aromatic rings. The number of nitrogens with zero attached hydrogens (tertiary/aromatic N) is 1. The highest BCUT2D eigenvalue weighted by atomic mass is 35.5. The minimum atomic E-state index is -0.457. The Morgan fingerprint density at radius 2 is 2.05 bits per heavy atom. The molecule has 0 saturated carbocycles. The van der Waals surface area contributed by atoms with Gasteiger partial charge in [0.15, 0.2) is 0 Å². The second-order valence-corrected chi connectivity index (χ2v) is 5.63.